The Hall–Kier alpha value is -1.25. The van der Waals surface area contributed by atoms with Crippen molar-refractivity contribution in [2.45, 2.75) is 9.79 Å². The lowest BCUT2D eigenvalue weighted by atomic mass is 10.4. The predicted molar refractivity (Wildman–Crippen MR) is 53.3 cm³/mol. The Morgan fingerprint density at radius 1 is 1.31 bits per heavy atom. The molecule has 1 rings (SSSR count). The maximum atomic E-state index is 11.4. The molecule has 0 bridgehead atoms. The van der Waals surface area contributed by atoms with Crippen LogP contribution in [0.5, 0.6) is 0 Å². The Morgan fingerprint density at radius 3 is 2.19 bits per heavy atom. The Balaban J connectivity index is 3.07. The average molecular weight is 263 g/mol. The number of carboxylic acid groups (broad SMARTS) is 1. The normalized spacial score (nSPS) is 13.3. The van der Waals surface area contributed by atoms with E-state index in [9.17, 15) is 22.0 Å². The van der Waals surface area contributed by atoms with E-state index in [4.69, 9.17) is 5.11 Å². The minimum atomic E-state index is -3.90. The summed E-state index contributed by atoms with van der Waals surface area (Å²) < 4.78 is 43.8. The van der Waals surface area contributed by atoms with Gasteiger partial charge in [0.2, 0.25) is 0 Å². The highest BCUT2D eigenvalue weighted by atomic mass is 32.2. The zero-order valence-corrected chi connectivity index (χ0v) is 9.45. The quantitative estimate of drug-likeness (QED) is 0.752. The average Bonchev–Trinajstić information content (AvgIpc) is 2.16. The summed E-state index contributed by atoms with van der Waals surface area (Å²) in [5, 5.41) is 8.38. The lowest BCUT2D eigenvalue weighted by Crippen LogP contribution is -2.15. The summed E-state index contributed by atoms with van der Waals surface area (Å²) in [6.07, 6.45) is 0. The monoisotopic (exact) mass is 263 g/mol. The first-order valence-corrected chi connectivity index (χ1v) is 6.69. The van der Waals surface area contributed by atoms with Gasteiger partial charge in [-0.1, -0.05) is 0 Å². The first kappa shape index (κ1) is 12.8. The number of carbonyl (C=O) groups is 1. The molecule has 0 saturated heterocycles. The predicted octanol–water partition coefficient (Wildman–Crippen LogP) is -0.217. The summed E-state index contributed by atoms with van der Waals surface area (Å²) in [4.78, 5) is 10.0. The van der Waals surface area contributed by atoms with E-state index in [1.165, 1.54) is 0 Å². The first-order valence-electron chi connectivity index (χ1n) is 3.97. The molecule has 88 valence electrons. The molecule has 8 heteroatoms. The number of hydrogen-bond donors (Lipinski definition) is 1. The Labute approximate surface area is 94.1 Å². The van der Waals surface area contributed by atoms with Crippen molar-refractivity contribution in [3.8, 4) is 0 Å². The van der Waals surface area contributed by atoms with Gasteiger partial charge < -0.3 is 9.66 Å². The summed E-state index contributed by atoms with van der Waals surface area (Å²) in [5.74, 6) is -2.48. The molecule has 0 aliphatic heterocycles. The van der Waals surface area contributed by atoms with Crippen molar-refractivity contribution in [1.29, 1.82) is 0 Å². The largest absolute Gasteiger partial charge is 0.768 e. The SMILES string of the molecule is O=C(O)CS(=O)(=O)c1ccc(S(=O)[O-])cc1. The van der Waals surface area contributed by atoms with Gasteiger partial charge >= 0.3 is 5.97 Å². The van der Waals surface area contributed by atoms with Crippen molar-refractivity contribution in [2.24, 2.45) is 0 Å². The van der Waals surface area contributed by atoms with Crippen molar-refractivity contribution in [3.05, 3.63) is 24.3 Å². The molecule has 0 aliphatic carbocycles. The van der Waals surface area contributed by atoms with Crippen LogP contribution in [0.3, 0.4) is 0 Å². The van der Waals surface area contributed by atoms with Crippen molar-refractivity contribution < 1.29 is 27.1 Å². The molecule has 1 atom stereocenters. The van der Waals surface area contributed by atoms with Gasteiger partial charge in [-0.15, -0.1) is 0 Å². The van der Waals surface area contributed by atoms with Crippen molar-refractivity contribution >= 4 is 26.9 Å². The van der Waals surface area contributed by atoms with Crippen LogP contribution in [-0.4, -0.2) is 34.0 Å². The van der Waals surface area contributed by atoms with Crippen LogP contribution in [0.2, 0.25) is 0 Å². The van der Waals surface area contributed by atoms with Crippen LogP contribution in [-0.2, 0) is 25.7 Å². The number of aliphatic carboxylic acids is 1. The fourth-order valence-corrected chi connectivity index (χ4v) is 2.40. The second-order valence-electron chi connectivity index (χ2n) is 2.86. The molecule has 0 aliphatic rings. The van der Waals surface area contributed by atoms with E-state index in [1.54, 1.807) is 0 Å². The van der Waals surface area contributed by atoms with Gasteiger partial charge in [-0.25, -0.2) is 8.42 Å². The molecule has 1 aromatic rings. The molecule has 1 unspecified atom stereocenters. The highest BCUT2D eigenvalue weighted by molar-refractivity contribution is 7.92. The van der Waals surface area contributed by atoms with E-state index >= 15 is 0 Å². The van der Waals surface area contributed by atoms with Crippen LogP contribution < -0.4 is 0 Å². The van der Waals surface area contributed by atoms with Crippen LogP contribution in [0.15, 0.2) is 34.1 Å². The third kappa shape index (κ3) is 3.12. The number of rotatable bonds is 4. The van der Waals surface area contributed by atoms with E-state index in [0.29, 0.717) is 0 Å². The van der Waals surface area contributed by atoms with E-state index < -0.39 is 32.6 Å². The van der Waals surface area contributed by atoms with E-state index in [-0.39, 0.29) is 9.79 Å². The molecule has 0 fully saturated rings. The van der Waals surface area contributed by atoms with E-state index in [1.807, 2.05) is 0 Å². The van der Waals surface area contributed by atoms with Gasteiger partial charge in [0.05, 0.1) is 4.90 Å². The third-order valence-corrected chi connectivity index (χ3v) is 3.96. The van der Waals surface area contributed by atoms with Gasteiger partial charge in [0.1, 0.15) is 0 Å². The summed E-state index contributed by atoms with van der Waals surface area (Å²) in [6, 6.07) is 4.31. The van der Waals surface area contributed by atoms with Crippen LogP contribution in [0.4, 0.5) is 0 Å². The minimum Gasteiger partial charge on any atom is -0.768 e. The second kappa shape index (κ2) is 4.73. The zero-order chi connectivity index (χ0) is 12.3. The molecule has 1 N–H and O–H groups in total. The van der Waals surface area contributed by atoms with Crippen LogP contribution in [0.1, 0.15) is 0 Å². The summed E-state index contributed by atoms with van der Waals surface area (Å²) >= 11 is -2.44. The molecular weight excluding hydrogens is 256 g/mol. The third-order valence-electron chi connectivity index (χ3n) is 1.69. The Morgan fingerprint density at radius 2 is 1.81 bits per heavy atom. The van der Waals surface area contributed by atoms with Crippen molar-refractivity contribution in [2.75, 3.05) is 5.75 Å². The summed E-state index contributed by atoms with van der Waals surface area (Å²) in [6.45, 7) is 0. The molecular formula is C8H7O6S2-. The molecule has 0 amide bonds. The van der Waals surface area contributed by atoms with Gasteiger partial charge in [-0.05, 0) is 35.3 Å². The fraction of sp³-hybridized carbons (Fsp3) is 0.125. The van der Waals surface area contributed by atoms with Crippen LogP contribution in [0.25, 0.3) is 0 Å². The fourth-order valence-electron chi connectivity index (χ4n) is 1.00. The molecule has 0 spiro atoms. The lowest BCUT2D eigenvalue weighted by molar-refractivity contribution is -0.134. The topological polar surface area (TPSA) is 112 Å². The maximum Gasteiger partial charge on any atom is 0.319 e. The smallest absolute Gasteiger partial charge is 0.319 e. The first-order chi connectivity index (χ1) is 7.33. The number of benzene rings is 1. The van der Waals surface area contributed by atoms with Gasteiger partial charge in [0.25, 0.3) is 0 Å². The lowest BCUT2D eigenvalue weighted by Gasteiger charge is -2.06. The number of carboxylic acids is 1. The molecule has 0 radical (unpaired) electrons. The van der Waals surface area contributed by atoms with Gasteiger partial charge in [-0.3, -0.25) is 9.00 Å². The summed E-state index contributed by atoms with van der Waals surface area (Å²) in [5.41, 5.74) is 0. The standard InChI is InChI=1S/C8H8O6S2/c9-8(10)5-16(13,14)7-3-1-6(2-4-7)15(11)12/h1-4H,5H2,(H,9,10)(H,11,12)/p-1. The van der Waals surface area contributed by atoms with E-state index in [0.717, 1.165) is 24.3 Å². The Kier molecular flexibility index (Phi) is 3.79. The molecule has 0 saturated carbocycles. The second-order valence-corrected chi connectivity index (χ2v) is 5.79. The highest BCUT2D eigenvalue weighted by Gasteiger charge is 2.18. The van der Waals surface area contributed by atoms with Gasteiger partial charge in [0.15, 0.2) is 15.6 Å². The zero-order valence-electron chi connectivity index (χ0n) is 7.82. The number of sulfone groups is 1. The van der Waals surface area contributed by atoms with Crippen molar-refractivity contribution in [1.82, 2.24) is 0 Å². The van der Waals surface area contributed by atoms with Crippen LogP contribution in [0, 0.1) is 0 Å². The molecule has 0 heterocycles. The molecule has 1 aromatic carbocycles. The Bertz CT molecular complexity index is 516. The molecule has 16 heavy (non-hydrogen) atoms. The van der Waals surface area contributed by atoms with Gasteiger partial charge in [-0.2, -0.15) is 0 Å². The van der Waals surface area contributed by atoms with E-state index in [2.05, 4.69) is 0 Å². The minimum absolute atomic E-state index is 0.0609. The highest BCUT2D eigenvalue weighted by Crippen LogP contribution is 2.13. The molecule has 6 nitrogen and oxygen atoms in total. The molecule has 0 aromatic heterocycles. The van der Waals surface area contributed by atoms with Crippen molar-refractivity contribution in [3.63, 3.8) is 0 Å². The maximum absolute atomic E-state index is 11.4. The van der Waals surface area contributed by atoms with Crippen LogP contribution >= 0.6 is 0 Å². The van der Waals surface area contributed by atoms with Gasteiger partial charge in [0, 0.05) is 4.90 Å². The number of hydrogen-bond acceptors (Lipinski definition) is 5. The summed E-state index contributed by atoms with van der Waals surface area (Å²) in [7, 11) is -3.90.